The van der Waals surface area contributed by atoms with Crippen LogP contribution in [0.25, 0.3) is 22.3 Å². The van der Waals surface area contributed by atoms with Gasteiger partial charge in [0, 0.05) is 31.0 Å². The molecule has 1 aromatic carbocycles. The fourth-order valence-electron chi connectivity index (χ4n) is 4.53. The number of carbonyl (C=O) groups excluding carboxylic acids is 1. The van der Waals surface area contributed by atoms with Crippen LogP contribution in [0, 0.1) is 6.92 Å². The molecular formula is C29H26N8O2. The third-order valence-electron chi connectivity index (χ3n) is 6.56. The summed E-state index contributed by atoms with van der Waals surface area (Å²) in [5.41, 5.74) is 5.93. The van der Waals surface area contributed by atoms with E-state index in [2.05, 4.69) is 31.4 Å². The van der Waals surface area contributed by atoms with Gasteiger partial charge in [0.15, 0.2) is 11.5 Å². The van der Waals surface area contributed by atoms with Crippen LogP contribution in [0.1, 0.15) is 24.6 Å². The minimum absolute atomic E-state index is 0.0299. The quantitative estimate of drug-likeness (QED) is 0.309. The lowest BCUT2D eigenvalue weighted by Gasteiger charge is -2.25. The van der Waals surface area contributed by atoms with E-state index in [1.807, 2.05) is 67.4 Å². The van der Waals surface area contributed by atoms with E-state index >= 15 is 0 Å². The van der Waals surface area contributed by atoms with Gasteiger partial charge in [-0.3, -0.25) is 4.79 Å². The van der Waals surface area contributed by atoms with Crippen LogP contribution in [-0.4, -0.2) is 53.4 Å². The van der Waals surface area contributed by atoms with E-state index in [-0.39, 0.29) is 5.91 Å². The summed E-state index contributed by atoms with van der Waals surface area (Å²) in [5.74, 6) is 2.07. The Morgan fingerprint density at radius 2 is 2.00 bits per heavy atom. The van der Waals surface area contributed by atoms with E-state index < -0.39 is 0 Å². The number of aryl methyl sites for hydroxylation is 1. The Bertz CT molecular complexity index is 1760. The fraction of sp³-hybridized carbons (Fsp3) is 0.172. The summed E-state index contributed by atoms with van der Waals surface area (Å²) in [5, 5.41) is 7.51. The molecule has 194 valence electrons. The number of allylic oxidation sites excluding steroid dienone is 1. The SMILES string of the molecule is C/C=C/C(=O)N1CC=C(c2ccc3ncnc(Nc4ccc(Oc5ccn6ncnc6c5)c(C)c4)c3n2)CC1. The van der Waals surface area contributed by atoms with Gasteiger partial charge in [0.1, 0.15) is 29.7 Å². The van der Waals surface area contributed by atoms with Crippen molar-refractivity contribution in [3.05, 3.63) is 90.8 Å². The van der Waals surface area contributed by atoms with Crippen molar-refractivity contribution in [1.82, 2.24) is 34.4 Å². The molecule has 0 saturated carbocycles. The molecule has 0 unspecified atom stereocenters. The topological polar surface area (TPSA) is 110 Å². The number of hydrogen-bond donors (Lipinski definition) is 1. The van der Waals surface area contributed by atoms with Crippen LogP contribution in [0.15, 0.2) is 79.5 Å². The summed E-state index contributed by atoms with van der Waals surface area (Å²) >= 11 is 0. The molecule has 1 N–H and O–H groups in total. The third kappa shape index (κ3) is 5.04. The average Bonchev–Trinajstić information content (AvgIpc) is 3.43. The molecule has 10 nitrogen and oxygen atoms in total. The van der Waals surface area contributed by atoms with Crippen LogP contribution in [0.5, 0.6) is 11.5 Å². The van der Waals surface area contributed by atoms with Crippen molar-refractivity contribution in [3.63, 3.8) is 0 Å². The Morgan fingerprint density at radius 1 is 1.08 bits per heavy atom. The van der Waals surface area contributed by atoms with Gasteiger partial charge in [-0.2, -0.15) is 5.10 Å². The largest absolute Gasteiger partial charge is 0.457 e. The van der Waals surface area contributed by atoms with Gasteiger partial charge in [-0.25, -0.2) is 24.5 Å². The molecule has 0 saturated heterocycles. The number of amides is 1. The highest BCUT2D eigenvalue weighted by Crippen LogP contribution is 2.30. The van der Waals surface area contributed by atoms with Gasteiger partial charge in [-0.1, -0.05) is 12.2 Å². The zero-order valence-electron chi connectivity index (χ0n) is 21.6. The van der Waals surface area contributed by atoms with E-state index in [4.69, 9.17) is 9.72 Å². The zero-order valence-corrected chi connectivity index (χ0v) is 21.6. The van der Waals surface area contributed by atoms with Gasteiger partial charge >= 0.3 is 0 Å². The highest BCUT2D eigenvalue weighted by atomic mass is 16.5. The summed E-state index contributed by atoms with van der Waals surface area (Å²) in [6.07, 6.45) is 11.0. The summed E-state index contributed by atoms with van der Waals surface area (Å²) in [4.78, 5) is 32.0. The van der Waals surface area contributed by atoms with Crippen LogP contribution < -0.4 is 10.1 Å². The number of nitrogens with one attached hydrogen (secondary N) is 1. The van der Waals surface area contributed by atoms with E-state index in [9.17, 15) is 4.79 Å². The second kappa shape index (κ2) is 10.3. The lowest BCUT2D eigenvalue weighted by molar-refractivity contribution is -0.125. The Balaban J connectivity index is 1.22. The second-order valence-corrected chi connectivity index (χ2v) is 9.18. The smallest absolute Gasteiger partial charge is 0.246 e. The number of aromatic nitrogens is 6. The Kier molecular flexibility index (Phi) is 6.42. The number of rotatable bonds is 6. The maximum absolute atomic E-state index is 12.2. The number of pyridine rings is 2. The molecule has 5 heterocycles. The maximum Gasteiger partial charge on any atom is 0.246 e. The summed E-state index contributed by atoms with van der Waals surface area (Å²) < 4.78 is 7.78. The summed E-state index contributed by atoms with van der Waals surface area (Å²) in [6, 6.07) is 13.5. The number of anilines is 2. The van der Waals surface area contributed by atoms with Crippen LogP contribution in [-0.2, 0) is 4.79 Å². The molecule has 1 amide bonds. The number of carbonyl (C=O) groups is 1. The van der Waals surface area contributed by atoms with Gasteiger partial charge in [0.25, 0.3) is 0 Å². The summed E-state index contributed by atoms with van der Waals surface area (Å²) in [7, 11) is 0. The summed E-state index contributed by atoms with van der Waals surface area (Å²) in [6.45, 7) is 5.06. The first-order chi connectivity index (χ1) is 19.1. The van der Waals surface area contributed by atoms with Gasteiger partial charge in [-0.05, 0) is 73.9 Å². The predicted molar refractivity (Wildman–Crippen MR) is 149 cm³/mol. The lowest BCUT2D eigenvalue weighted by atomic mass is 10.0. The second-order valence-electron chi connectivity index (χ2n) is 9.18. The highest BCUT2D eigenvalue weighted by molar-refractivity contribution is 5.90. The van der Waals surface area contributed by atoms with Crippen molar-refractivity contribution in [2.45, 2.75) is 20.3 Å². The van der Waals surface area contributed by atoms with E-state index in [0.29, 0.717) is 30.2 Å². The van der Waals surface area contributed by atoms with Crippen molar-refractivity contribution in [2.24, 2.45) is 0 Å². The molecule has 0 bridgehead atoms. The average molecular weight is 519 g/mol. The van der Waals surface area contributed by atoms with Gasteiger partial charge in [-0.15, -0.1) is 0 Å². The van der Waals surface area contributed by atoms with Crippen molar-refractivity contribution >= 4 is 39.7 Å². The van der Waals surface area contributed by atoms with Gasteiger partial charge in [0.05, 0.1) is 11.2 Å². The molecule has 0 atom stereocenters. The number of nitrogens with zero attached hydrogens (tertiary/aromatic N) is 7. The van der Waals surface area contributed by atoms with Crippen molar-refractivity contribution in [1.29, 1.82) is 0 Å². The van der Waals surface area contributed by atoms with E-state index in [0.717, 1.165) is 45.9 Å². The van der Waals surface area contributed by atoms with Crippen LogP contribution in [0.3, 0.4) is 0 Å². The third-order valence-corrected chi connectivity index (χ3v) is 6.56. The minimum Gasteiger partial charge on any atom is -0.457 e. The normalized spacial score (nSPS) is 13.7. The number of ether oxygens (including phenoxy) is 1. The van der Waals surface area contributed by atoms with Gasteiger partial charge < -0.3 is 15.0 Å². The molecule has 0 spiro atoms. The van der Waals surface area contributed by atoms with Crippen LogP contribution >= 0.6 is 0 Å². The fourth-order valence-corrected chi connectivity index (χ4v) is 4.53. The first-order valence-electron chi connectivity index (χ1n) is 12.6. The van der Waals surface area contributed by atoms with Crippen molar-refractivity contribution in [3.8, 4) is 11.5 Å². The van der Waals surface area contributed by atoms with Crippen molar-refractivity contribution < 1.29 is 9.53 Å². The number of fused-ring (bicyclic) bond motifs is 2. The molecule has 10 heteroatoms. The Labute approximate surface area is 224 Å². The molecule has 6 rings (SSSR count). The molecule has 0 aliphatic carbocycles. The molecule has 0 fully saturated rings. The van der Waals surface area contributed by atoms with E-state index in [1.54, 1.807) is 16.7 Å². The Morgan fingerprint density at radius 3 is 2.82 bits per heavy atom. The lowest BCUT2D eigenvalue weighted by Crippen LogP contribution is -2.33. The highest BCUT2D eigenvalue weighted by Gasteiger charge is 2.18. The zero-order chi connectivity index (χ0) is 26.8. The molecule has 5 aromatic rings. The number of hydrogen-bond acceptors (Lipinski definition) is 8. The van der Waals surface area contributed by atoms with Crippen LogP contribution in [0.4, 0.5) is 11.5 Å². The van der Waals surface area contributed by atoms with Crippen molar-refractivity contribution in [2.75, 3.05) is 18.4 Å². The first-order valence-corrected chi connectivity index (χ1v) is 12.6. The maximum atomic E-state index is 12.2. The Hall–Kier alpha value is -5.12. The standard InChI is InChI=1S/C29H26N8O2/c1-3-4-27(38)36-12-9-20(10-13-36)23-6-7-24-28(35-23)29(32-17-30-24)34-21-5-8-25(19(2)15-21)39-22-11-14-37-26(16-22)31-18-33-37/h3-9,11,14-18H,10,12-13H2,1-2H3,(H,30,32,34)/b4-3+. The van der Waals surface area contributed by atoms with Crippen LogP contribution in [0.2, 0.25) is 0 Å². The molecule has 39 heavy (non-hydrogen) atoms. The molecular weight excluding hydrogens is 492 g/mol. The van der Waals surface area contributed by atoms with Gasteiger partial charge in [0.2, 0.25) is 5.91 Å². The molecule has 1 aliphatic rings. The number of benzene rings is 1. The first kappa shape index (κ1) is 24.2. The molecule has 4 aromatic heterocycles. The molecule has 1 aliphatic heterocycles. The monoisotopic (exact) mass is 518 g/mol. The molecule has 0 radical (unpaired) electrons. The van der Waals surface area contributed by atoms with E-state index in [1.165, 1.54) is 12.7 Å². The minimum atomic E-state index is 0.0299. The predicted octanol–water partition coefficient (Wildman–Crippen LogP) is 5.10.